The van der Waals surface area contributed by atoms with Gasteiger partial charge in [0.05, 0.1) is 12.0 Å². The van der Waals surface area contributed by atoms with Crippen molar-refractivity contribution in [2.75, 3.05) is 5.73 Å². The number of carboxylic acids is 1. The van der Waals surface area contributed by atoms with Gasteiger partial charge in [-0.15, -0.1) is 0 Å². The van der Waals surface area contributed by atoms with E-state index in [4.69, 9.17) is 10.8 Å². The first-order valence-electron chi connectivity index (χ1n) is 7.07. The molecule has 1 fully saturated rings. The number of aliphatic carboxylic acids is 1. The Morgan fingerprint density at radius 1 is 1.24 bits per heavy atom. The summed E-state index contributed by atoms with van der Waals surface area (Å²) in [5.74, 6) is -1.13. The first-order chi connectivity index (χ1) is 9.99. The Bertz CT molecular complexity index is 543. The minimum atomic E-state index is -0.875. The van der Waals surface area contributed by atoms with Gasteiger partial charge < -0.3 is 16.2 Å². The molecule has 1 aliphatic rings. The molecule has 0 atom stereocenters. The number of nitrogens with two attached hydrogens (primary N) is 1. The fourth-order valence-electron chi connectivity index (χ4n) is 2.77. The monoisotopic (exact) mass is 288 g/mol. The van der Waals surface area contributed by atoms with Gasteiger partial charge in [-0.25, -0.2) is 0 Å². The Labute approximate surface area is 123 Å². The van der Waals surface area contributed by atoms with Crippen molar-refractivity contribution in [3.63, 3.8) is 0 Å². The third-order valence-corrected chi connectivity index (χ3v) is 3.80. The number of anilines is 1. The topological polar surface area (TPSA) is 92.4 Å². The fraction of sp³-hybridized carbons (Fsp3) is 0.375. The predicted octanol–water partition coefficient (Wildman–Crippen LogP) is 2.19. The van der Waals surface area contributed by atoms with Crippen molar-refractivity contribution in [3.8, 4) is 0 Å². The second kappa shape index (κ2) is 6.43. The van der Waals surface area contributed by atoms with Crippen molar-refractivity contribution in [2.24, 2.45) is 0 Å². The number of hydrogen-bond acceptors (Lipinski definition) is 3. The van der Waals surface area contributed by atoms with E-state index in [1.54, 1.807) is 18.2 Å². The SMILES string of the molecule is Nc1ccc(/C=C/C(=O)NC2(CC(=O)O)CCCC2)cc1. The molecule has 0 radical (unpaired) electrons. The molecule has 0 spiro atoms. The Kier molecular flexibility index (Phi) is 4.62. The van der Waals surface area contributed by atoms with Crippen LogP contribution in [0.3, 0.4) is 0 Å². The second-order valence-electron chi connectivity index (χ2n) is 5.55. The van der Waals surface area contributed by atoms with E-state index in [2.05, 4.69) is 5.32 Å². The number of hydrogen-bond donors (Lipinski definition) is 3. The summed E-state index contributed by atoms with van der Waals surface area (Å²) in [6.45, 7) is 0. The maximum atomic E-state index is 12.0. The average molecular weight is 288 g/mol. The molecule has 5 heteroatoms. The van der Waals surface area contributed by atoms with E-state index >= 15 is 0 Å². The van der Waals surface area contributed by atoms with E-state index in [0.29, 0.717) is 5.69 Å². The van der Waals surface area contributed by atoms with E-state index in [-0.39, 0.29) is 12.3 Å². The minimum Gasteiger partial charge on any atom is -0.481 e. The van der Waals surface area contributed by atoms with Gasteiger partial charge in [0.15, 0.2) is 0 Å². The molecule has 2 rings (SSSR count). The molecular formula is C16H20N2O3. The van der Waals surface area contributed by atoms with Gasteiger partial charge in [0.2, 0.25) is 5.91 Å². The van der Waals surface area contributed by atoms with Gasteiger partial charge in [0, 0.05) is 11.8 Å². The van der Waals surface area contributed by atoms with Crippen LogP contribution in [0.15, 0.2) is 30.3 Å². The molecular weight excluding hydrogens is 268 g/mol. The van der Waals surface area contributed by atoms with E-state index in [1.165, 1.54) is 6.08 Å². The lowest BCUT2D eigenvalue weighted by molar-refractivity contribution is -0.139. The molecule has 0 aromatic heterocycles. The zero-order chi connectivity index (χ0) is 15.3. The maximum Gasteiger partial charge on any atom is 0.305 e. The molecule has 0 saturated heterocycles. The average Bonchev–Trinajstić information content (AvgIpc) is 2.85. The molecule has 1 aromatic rings. The van der Waals surface area contributed by atoms with Crippen LogP contribution in [-0.4, -0.2) is 22.5 Å². The summed E-state index contributed by atoms with van der Waals surface area (Å²) in [4.78, 5) is 23.0. The number of amides is 1. The molecule has 1 aliphatic carbocycles. The predicted molar refractivity (Wildman–Crippen MR) is 81.5 cm³/mol. The number of benzene rings is 1. The van der Waals surface area contributed by atoms with E-state index < -0.39 is 11.5 Å². The molecule has 1 aromatic carbocycles. The summed E-state index contributed by atoms with van der Waals surface area (Å²) in [6, 6.07) is 7.17. The largest absolute Gasteiger partial charge is 0.481 e. The summed E-state index contributed by atoms with van der Waals surface area (Å²) in [7, 11) is 0. The summed E-state index contributed by atoms with van der Waals surface area (Å²) in [5, 5.41) is 11.9. The lowest BCUT2D eigenvalue weighted by Gasteiger charge is -2.28. The highest BCUT2D eigenvalue weighted by molar-refractivity contribution is 5.92. The Balaban J connectivity index is 1.99. The molecule has 5 nitrogen and oxygen atoms in total. The molecule has 21 heavy (non-hydrogen) atoms. The van der Waals surface area contributed by atoms with Gasteiger partial charge in [-0.3, -0.25) is 9.59 Å². The van der Waals surface area contributed by atoms with Crippen LogP contribution < -0.4 is 11.1 Å². The molecule has 0 heterocycles. The smallest absolute Gasteiger partial charge is 0.305 e. The summed E-state index contributed by atoms with van der Waals surface area (Å²) in [5.41, 5.74) is 6.55. The van der Waals surface area contributed by atoms with E-state index in [0.717, 1.165) is 31.2 Å². The van der Waals surface area contributed by atoms with Crippen LogP contribution >= 0.6 is 0 Å². The highest BCUT2D eigenvalue weighted by Crippen LogP contribution is 2.32. The van der Waals surface area contributed by atoms with Gasteiger partial charge in [-0.1, -0.05) is 25.0 Å². The Morgan fingerprint density at radius 2 is 1.86 bits per heavy atom. The van der Waals surface area contributed by atoms with E-state index in [9.17, 15) is 9.59 Å². The zero-order valence-electron chi connectivity index (χ0n) is 11.8. The number of nitrogen functional groups attached to an aromatic ring is 1. The number of carbonyl (C=O) groups is 2. The number of nitrogens with one attached hydrogen (secondary N) is 1. The molecule has 4 N–H and O–H groups in total. The summed E-state index contributed by atoms with van der Waals surface area (Å²) in [6.07, 6.45) is 6.46. The number of carbonyl (C=O) groups excluding carboxylic acids is 1. The molecule has 0 aliphatic heterocycles. The quantitative estimate of drug-likeness (QED) is 0.572. The van der Waals surface area contributed by atoms with Crippen LogP contribution in [0.25, 0.3) is 6.08 Å². The van der Waals surface area contributed by atoms with Crippen molar-refractivity contribution < 1.29 is 14.7 Å². The van der Waals surface area contributed by atoms with Crippen LogP contribution in [0, 0.1) is 0 Å². The summed E-state index contributed by atoms with van der Waals surface area (Å²) >= 11 is 0. The first-order valence-corrected chi connectivity index (χ1v) is 7.07. The van der Waals surface area contributed by atoms with Gasteiger partial charge in [0.25, 0.3) is 0 Å². The third-order valence-electron chi connectivity index (χ3n) is 3.80. The standard InChI is InChI=1S/C16H20N2O3/c17-13-6-3-12(4-7-13)5-8-14(19)18-16(11-15(20)21)9-1-2-10-16/h3-8H,1-2,9-11,17H2,(H,18,19)(H,20,21)/b8-5+. The van der Waals surface area contributed by atoms with Gasteiger partial charge in [-0.2, -0.15) is 0 Å². The third kappa shape index (κ3) is 4.34. The van der Waals surface area contributed by atoms with E-state index in [1.807, 2.05) is 12.1 Å². The fourth-order valence-corrected chi connectivity index (χ4v) is 2.77. The van der Waals surface area contributed by atoms with Gasteiger partial charge in [0.1, 0.15) is 0 Å². The lowest BCUT2D eigenvalue weighted by atomic mass is 9.93. The molecule has 1 saturated carbocycles. The maximum absolute atomic E-state index is 12.0. The molecule has 0 unspecified atom stereocenters. The van der Waals surface area contributed by atoms with Crippen LogP contribution in [0.1, 0.15) is 37.7 Å². The van der Waals surface area contributed by atoms with Gasteiger partial charge >= 0.3 is 5.97 Å². The van der Waals surface area contributed by atoms with Crippen molar-refractivity contribution in [2.45, 2.75) is 37.6 Å². The molecule has 1 amide bonds. The van der Waals surface area contributed by atoms with Crippen molar-refractivity contribution in [1.82, 2.24) is 5.32 Å². The van der Waals surface area contributed by atoms with Gasteiger partial charge in [-0.05, 0) is 36.6 Å². The van der Waals surface area contributed by atoms with Crippen LogP contribution in [0.4, 0.5) is 5.69 Å². The minimum absolute atomic E-state index is 0.0194. The number of carboxylic acid groups (broad SMARTS) is 1. The number of rotatable bonds is 5. The van der Waals surface area contributed by atoms with Crippen LogP contribution in [0.5, 0.6) is 0 Å². The van der Waals surface area contributed by atoms with Crippen LogP contribution in [0.2, 0.25) is 0 Å². The highest BCUT2D eigenvalue weighted by atomic mass is 16.4. The molecule has 112 valence electrons. The Morgan fingerprint density at radius 3 is 2.43 bits per heavy atom. The molecule has 0 bridgehead atoms. The van der Waals surface area contributed by atoms with Crippen LogP contribution in [-0.2, 0) is 9.59 Å². The lowest BCUT2D eigenvalue weighted by Crippen LogP contribution is -2.47. The summed E-state index contributed by atoms with van der Waals surface area (Å²) < 4.78 is 0. The first kappa shape index (κ1) is 15.1. The highest BCUT2D eigenvalue weighted by Gasteiger charge is 2.36. The van der Waals surface area contributed by atoms with Crippen molar-refractivity contribution >= 4 is 23.6 Å². The second-order valence-corrected chi connectivity index (χ2v) is 5.55. The van der Waals surface area contributed by atoms with Crippen molar-refractivity contribution in [3.05, 3.63) is 35.9 Å². The van der Waals surface area contributed by atoms with Crippen molar-refractivity contribution in [1.29, 1.82) is 0 Å². The zero-order valence-corrected chi connectivity index (χ0v) is 11.8. The normalized spacial score (nSPS) is 17.0. The Hall–Kier alpha value is -2.30.